The Hall–Kier alpha value is -3.07. The largest absolute Gasteiger partial charge is 0.366 e. The maximum atomic E-state index is 12.1. The Kier molecular flexibility index (Phi) is 5.14. The summed E-state index contributed by atoms with van der Waals surface area (Å²) in [5.41, 5.74) is 13.7. The lowest BCUT2D eigenvalue weighted by Crippen LogP contribution is -2.11. The number of aryl methyl sites for hydroxylation is 3. The predicted octanol–water partition coefficient (Wildman–Crippen LogP) is 5.90. The second-order valence-electron chi connectivity index (χ2n) is 8.04. The lowest BCUT2D eigenvalue weighted by Gasteiger charge is -2.12. The van der Waals surface area contributed by atoms with E-state index in [1.54, 1.807) is 0 Å². The first-order valence-corrected chi connectivity index (χ1v) is 10.4. The molecule has 0 radical (unpaired) electrons. The molecule has 2 N–H and O–H groups in total. The zero-order valence-corrected chi connectivity index (χ0v) is 17.5. The second-order valence-corrected chi connectivity index (χ2v) is 8.04. The van der Waals surface area contributed by atoms with Gasteiger partial charge in [0, 0.05) is 28.4 Å². The number of nitrogens with zero attached hydrogens (tertiary/aromatic N) is 1. The average Bonchev–Trinajstić information content (AvgIpc) is 3.01. The molecule has 1 amide bonds. The molecule has 0 bridgehead atoms. The number of nitrogens with two attached hydrogens (primary N) is 1. The summed E-state index contributed by atoms with van der Waals surface area (Å²) in [4.78, 5) is 12.1. The SMILES string of the molecule is CCCCc1ccc2c3c(C(N)=O)cccc3n(Cc3ccc(C)cc3C)c2c1. The number of carbonyl (C=O) groups excluding carboxylic acids is 1. The Bertz CT molecular complexity index is 1220. The molecule has 148 valence electrons. The highest BCUT2D eigenvalue weighted by atomic mass is 16.1. The van der Waals surface area contributed by atoms with Crippen LogP contribution < -0.4 is 5.73 Å². The van der Waals surface area contributed by atoms with Crippen molar-refractivity contribution in [2.75, 3.05) is 0 Å². The van der Waals surface area contributed by atoms with Crippen LogP contribution in [0.1, 0.15) is 52.4 Å². The summed E-state index contributed by atoms with van der Waals surface area (Å²) in [7, 11) is 0. The van der Waals surface area contributed by atoms with Crippen molar-refractivity contribution < 1.29 is 4.79 Å². The van der Waals surface area contributed by atoms with Crippen LogP contribution in [-0.2, 0) is 13.0 Å². The molecule has 0 aliphatic carbocycles. The normalized spacial score (nSPS) is 11.4. The van der Waals surface area contributed by atoms with E-state index in [0.717, 1.165) is 29.3 Å². The fourth-order valence-corrected chi connectivity index (χ4v) is 4.30. The van der Waals surface area contributed by atoms with Crippen LogP contribution in [-0.4, -0.2) is 10.5 Å². The fourth-order valence-electron chi connectivity index (χ4n) is 4.30. The number of aromatic nitrogens is 1. The summed E-state index contributed by atoms with van der Waals surface area (Å²) < 4.78 is 2.34. The van der Waals surface area contributed by atoms with Crippen molar-refractivity contribution in [1.29, 1.82) is 0 Å². The highest BCUT2D eigenvalue weighted by molar-refractivity contribution is 6.18. The number of unbranched alkanes of at least 4 members (excludes halogenated alkanes) is 1. The summed E-state index contributed by atoms with van der Waals surface area (Å²) in [5.74, 6) is -0.378. The Morgan fingerprint density at radius 2 is 1.83 bits per heavy atom. The number of hydrogen-bond donors (Lipinski definition) is 1. The molecule has 3 aromatic carbocycles. The van der Waals surface area contributed by atoms with Gasteiger partial charge < -0.3 is 10.3 Å². The Balaban J connectivity index is 1.98. The van der Waals surface area contributed by atoms with E-state index in [-0.39, 0.29) is 5.91 Å². The molecule has 29 heavy (non-hydrogen) atoms. The van der Waals surface area contributed by atoms with Crippen LogP contribution in [0.25, 0.3) is 21.8 Å². The first-order chi connectivity index (χ1) is 14.0. The van der Waals surface area contributed by atoms with Gasteiger partial charge in [0.1, 0.15) is 0 Å². The molecule has 0 unspecified atom stereocenters. The lowest BCUT2D eigenvalue weighted by molar-refractivity contribution is 0.100. The van der Waals surface area contributed by atoms with Crippen molar-refractivity contribution in [3.05, 3.63) is 82.4 Å². The van der Waals surface area contributed by atoms with Gasteiger partial charge in [0.15, 0.2) is 0 Å². The molecule has 0 spiro atoms. The third-order valence-corrected chi connectivity index (χ3v) is 5.87. The van der Waals surface area contributed by atoms with E-state index in [0.29, 0.717) is 5.56 Å². The van der Waals surface area contributed by atoms with E-state index in [1.807, 2.05) is 12.1 Å². The highest BCUT2D eigenvalue weighted by Crippen LogP contribution is 2.33. The number of fused-ring (bicyclic) bond motifs is 3. The van der Waals surface area contributed by atoms with E-state index < -0.39 is 0 Å². The van der Waals surface area contributed by atoms with E-state index in [1.165, 1.54) is 40.6 Å². The van der Waals surface area contributed by atoms with Crippen molar-refractivity contribution in [3.63, 3.8) is 0 Å². The molecular weight excluding hydrogens is 356 g/mol. The van der Waals surface area contributed by atoms with Gasteiger partial charge in [-0.1, -0.05) is 55.3 Å². The average molecular weight is 385 g/mol. The van der Waals surface area contributed by atoms with Crippen LogP contribution >= 0.6 is 0 Å². The number of primary amides is 1. The molecule has 4 rings (SSSR count). The van der Waals surface area contributed by atoms with Gasteiger partial charge in [-0.25, -0.2) is 0 Å². The van der Waals surface area contributed by atoms with Crippen molar-refractivity contribution >= 4 is 27.7 Å². The molecule has 4 aromatic rings. The second kappa shape index (κ2) is 7.75. The molecule has 0 saturated carbocycles. The molecule has 1 aromatic heterocycles. The van der Waals surface area contributed by atoms with Crippen molar-refractivity contribution in [2.24, 2.45) is 5.73 Å². The maximum absolute atomic E-state index is 12.1. The number of hydrogen-bond acceptors (Lipinski definition) is 1. The Morgan fingerprint density at radius 1 is 1.00 bits per heavy atom. The molecule has 0 saturated heterocycles. The van der Waals surface area contributed by atoms with Gasteiger partial charge in [0.2, 0.25) is 5.91 Å². The number of benzene rings is 3. The van der Waals surface area contributed by atoms with Gasteiger partial charge in [0.25, 0.3) is 0 Å². The number of amides is 1. The van der Waals surface area contributed by atoms with Crippen LogP contribution in [0.4, 0.5) is 0 Å². The molecular formula is C26H28N2O. The first-order valence-electron chi connectivity index (χ1n) is 10.4. The van der Waals surface area contributed by atoms with Crippen molar-refractivity contribution in [2.45, 2.75) is 46.6 Å². The summed E-state index contributed by atoms with van der Waals surface area (Å²) >= 11 is 0. The molecule has 3 heteroatoms. The number of carbonyl (C=O) groups is 1. The third-order valence-electron chi connectivity index (χ3n) is 5.87. The van der Waals surface area contributed by atoms with E-state index in [4.69, 9.17) is 5.73 Å². The minimum atomic E-state index is -0.378. The van der Waals surface area contributed by atoms with Crippen LogP contribution in [0.3, 0.4) is 0 Å². The molecule has 0 atom stereocenters. The van der Waals surface area contributed by atoms with Gasteiger partial charge in [0.05, 0.1) is 5.52 Å². The molecule has 3 nitrogen and oxygen atoms in total. The zero-order valence-electron chi connectivity index (χ0n) is 17.5. The standard InChI is InChI=1S/C26H28N2O/c1-4-5-7-19-11-13-21-24(15-19)28(16-20-12-10-17(2)14-18(20)3)23-9-6-8-22(25(21)23)26(27)29/h6,8-15H,4-5,7,16H2,1-3H3,(H2,27,29). The number of rotatable bonds is 6. The molecule has 1 heterocycles. The van der Waals surface area contributed by atoms with Crippen LogP contribution in [0.2, 0.25) is 0 Å². The summed E-state index contributed by atoms with van der Waals surface area (Å²) in [5, 5.41) is 2.06. The van der Waals surface area contributed by atoms with Gasteiger partial charge in [-0.3, -0.25) is 4.79 Å². The third kappa shape index (κ3) is 3.53. The van der Waals surface area contributed by atoms with E-state index in [2.05, 4.69) is 67.8 Å². The maximum Gasteiger partial charge on any atom is 0.249 e. The van der Waals surface area contributed by atoms with Crippen LogP contribution in [0.15, 0.2) is 54.6 Å². The van der Waals surface area contributed by atoms with E-state index in [9.17, 15) is 4.79 Å². The highest BCUT2D eigenvalue weighted by Gasteiger charge is 2.17. The quantitative estimate of drug-likeness (QED) is 0.442. The molecule has 0 aliphatic heterocycles. The minimum Gasteiger partial charge on any atom is -0.366 e. The predicted molar refractivity (Wildman–Crippen MR) is 122 cm³/mol. The van der Waals surface area contributed by atoms with Crippen LogP contribution in [0, 0.1) is 13.8 Å². The monoisotopic (exact) mass is 384 g/mol. The first kappa shape index (κ1) is 19.3. The Morgan fingerprint density at radius 3 is 2.55 bits per heavy atom. The summed E-state index contributed by atoms with van der Waals surface area (Å²) in [6.45, 7) is 7.27. The van der Waals surface area contributed by atoms with Gasteiger partial charge in [-0.05, 0) is 61.6 Å². The summed E-state index contributed by atoms with van der Waals surface area (Å²) in [6.07, 6.45) is 3.42. The minimum absolute atomic E-state index is 0.378. The van der Waals surface area contributed by atoms with Crippen molar-refractivity contribution in [3.8, 4) is 0 Å². The molecule has 0 fully saturated rings. The smallest absolute Gasteiger partial charge is 0.249 e. The molecule has 0 aliphatic rings. The van der Waals surface area contributed by atoms with Crippen molar-refractivity contribution in [1.82, 2.24) is 4.57 Å². The van der Waals surface area contributed by atoms with E-state index >= 15 is 0 Å². The van der Waals surface area contributed by atoms with Gasteiger partial charge >= 0.3 is 0 Å². The topological polar surface area (TPSA) is 48.0 Å². The zero-order chi connectivity index (χ0) is 20.5. The Labute approximate surface area is 172 Å². The van der Waals surface area contributed by atoms with Crippen LogP contribution in [0.5, 0.6) is 0 Å². The fraction of sp³-hybridized carbons (Fsp3) is 0.269. The lowest BCUT2D eigenvalue weighted by atomic mass is 10.0. The summed E-state index contributed by atoms with van der Waals surface area (Å²) in [6, 6.07) is 19.1. The van der Waals surface area contributed by atoms with Gasteiger partial charge in [-0.2, -0.15) is 0 Å². The van der Waals surface area contributed by atoms with Gasteiger partial charge in [-0.15, -0.1) is 0 Å².